The lowest BCUT2D eigenvalue weighted by Gasteiger charge is -1.95. The van der Waals surface area contributed by atoms with Gasteiger partial charge in [-0.2, -0.15) is 0 Å². The Morgan fingerprint density at radius 2 is 2.47 bits per heavy atom. The normalized spacial score (nSPS) is 10.8. The summed E-state index contributed by atoms with van der Waals surface area (Å²) in [5, 5.41) is 1.42. The predicted octanol–water partition coefficient (Wildman–Crippen LogP) is 3.60. The number of ketones is 1. The summed E-state index contributed by atoms with van der Waals surface area (Å²) < 4.78 is 14.0. The fraction of sp³-hybridized carbons (Fsp3) is 0.182. The van der Waals surface area contributed by atoms with Crippen molar-refractivity contribution in [3.63, 3.8) is 0 Å². The Balaban J connectivity index is 2.74. The van der Waals surface area contributed by atoms with E-state index in [2.05, 4.69) is 11.6 Å². The molecule has 2 nitrogen and oxygen atoms in total. The summed E-state index contributed by atoms with van der Waals surface area (Å²) in [4.78, 5) is 14.4. The monoisotopic (exact) mass is 223 g/mol. The summed E-state index contributed by atoms with van der Waals surface area (Å²) in [6.07, 6.45) is 1.99. The Labute approximate surface area is 90.4 Å². The molecule has 0 fully saturated rings. The van der Waals surface area contributed by atoms with E-state index in [9.17, 15) is 9.18 Å². The van der Waals surface area contributed by atoms with Crippen molar-refractivity contribution in [1.29, 1.82) is 0 Å². The molecule has 2 aromatic rings. The second kappa shape index (κ2) is 3.62. The van der Waals surface area contributed by atoms with E-state index in [-0.39, 0.29) is 11.6 Å². The smallest absolute Gasteiger partial charge is 0.179 e. The van der Waals surface area contributed by atoms with Crippen LogP contribution in [0.1, 0.15) is 29.4 Å². The molecule has 78 valence electrons. The molecule has 2 heterocycles. The van der Waals surface area contributed by atoms with E-state index in [0.717, 1.165) is 4.70 Å². The van der Waals surface area contributed by atoms with Gasteiger partial charge in [-0.15, -0.1) is 11.3 Å². The highest BCUT2D eigenvalue weighted by molar-refractivity contribution is 7.17. The molecule has 15 heavy (non-hydrogen) atoms. The minimum absolute atomic E-state index is 0.0206. The Hall–Kier alpha value is -1.42. The van der Waals surface area contributed by atoms with Crippen LogP contribution in [0.3, 0.4) is 0 Å². The van der Waals surface area contributed by atoms with E-state index in [4.69, 9.17) is 0 Å². The van der Waals surface area contributed by atoms with Gasteiger partial charge in [-0.1, -0.05) is 19.6 Å². The lowest BCUT2D eigenvalue weighted by Crippen LogP contribution is -1.98. The Morgan fingerprint density at radius 1 is 1.73 bits per heavy atom. The van der Waals surface area contributed by atoms with Crippen LogP contribution in [0.4, 0.5) is 4.39 Å². The van der Waals surface area contributed by atoms with Crippen molar-refractivity contribution >= 4 is 33.4 Å². The molecule has 1 N–H and O–H groups in total. The average molecular weight is 223 g/mol. The Bertz CT molecular complexity index is 538. The number of Topliss-reactive ketones (excluding diaryl/α,β-unsaturated/α-hetero) is 1. The van der Waals surface area contributed by atoms with Crippen LogP contribution >= 0.6 is 11.3 Å². The van der Waals surface area contributed by atoms with Gasteiger partial charge < -0.3 is 4.98 Å². The van der Waals surface area contributed by atoms with Gasteiger partial charge in [0.2, 0.25) is 0 Å². The van der Waals surface area contributed by atoms with Gasteiger partial charge >= 0.3 is 0 Å². The van der Waals surface area contributed by atoms with Crippen molar-refractivity contribution in [1.82, 2.24) is 4.98 Å². The third kappa shape index (κ3) is 1.41. The van der Waals surface area contributed by atoms with E-state index >= 15 is 0 Å². The summed E-state index contributed by atoms with van der Waals surface area (Å²) in [5.74, 6) is -0.332. The van der Waals surface area contributed by atoms with Gasteiger partial charge in [0, 0.05) is 17.4 Å². The van der Waals surface area contributed by atoms with Crippen LogP contribution in [0, 0.1) is 5.82 Å². The molecule has 0 saturated heterocycles. The van der Waals surface area contributed by atoms with Crippen molar-refractivity contribution in [2.45, 2.75) is 13.3 Å². The first-order valence-corrected chi connectivity index (χ1v) is 5.51. The van der Waals surface area contributed by atoms with Crippen LogP contribution in [0.15, 0.2) is 12.0 Å². The largest absolute Gasteiger partial charge is 0.348 e. The number of aromatic amines is 1. The number of carbonyl (C=O) groups excluding carboxylic acids is 1. The maximum absolute atomic E-state index is 13.3. The number of halogens is 1. The van der Waals surface area contributed by atoms with Crippen LogP contribution in [-0.2, 0) is 0 Å². The highest BCUT2D eigenvalue weighted by atomic mass is 32.1. The maximum atomic E-state index is 13.3. The second-order valence-corrected chi connectivity index (χ2v) is 4.06. The third-order valence-corrected chi connectivity index (χ3v) is 3.30. The molecule has 0 aliphatic heterocycles. The molecular formula is C11H10FNOS. The first-order valence-electron chi connectivity index (χ1n) is 4.63. The van der Waals surface area contributed by atoms with Crippen molar-refractivity contribution in [2.75, 3.05) is 0 Å². The summed E-state index contributed by atoms with van der Waals surface area (Å²) in [6, 6.07) is 0. The number of hydrogen-bond donors (Lipinski definition) is 1. The number of H-pyrrole nitrogens is 1. The first-order chi connectivity index (χ1) is 7.19. The van der Waals surface area contributed by atoms with E-state index in [1.54, 1.807) is 13.0 Å². The molecular weight excluding hydrogens is 213 g/mol. The Morgan fingerprint density at radius 3 is 3.07 bits per heavy atom. The molecule has 0 bridgehead atoms. The van der Waals surface area contributed by atoms with Crippen LogP contribution < -0.4 is 0 Å². The predicted molar refractivity (Wildman–Crippen MR) is 60.8 cm³/mol. The van der Waals surface area contributed by atoms with E-state index in [1.807, 2.05) is 0 Å². The van der Waals surface area contributed by atoms with Gasteiger partial charge in [0.15, 0.2) is 11.6 Å². The van der Waals surface area contributed by atoms with Crippen molar-refractivity contribution in [2.24, 2.45) is 0 Å². The lowest BCUT2D eigenvalue weighted by molar-refractivity contribution is 0.0984. The van der Waals surface area contributed by atoms with Gasteiger partial charge in [-0.3, -0.25) is 4.79 Å². The molecule has 0 spiro atoms. The first kappa shape index (κ1) is 10.1. The average Bonchev–Trinajstić information content (AvgIpc) is 2.77. The molecule has 0 unspecified atom stereocenters. The van der Waals surface area contributed by atoms with Gasteiger partial charge in [-0.25, -0.2) is 4.39 Å². The van der Waals surface area contributed by atoms with Gasteiger partial charge in [-0.05, 0) is 0 Å². The Kier molecular flexibility index (Phi) is 2.44. The fourth-order valence-corrected chi connectivity index (χ4v) is 2.47. The van der Waals surface area contributed by atoms with Crippen molar-refractivity contribution in [3.05, 3.63) is 29.0 Å². The molecule has 0 aliphatic rings. The highest BCUT2D eigenvalue weighted by Crippen LogP contribution is 2.31. The number of hydrogen-bond acceptors (Lipinski definition) is 2. The van der Waals surface area contributed by atoms with Crippen molar-refractivity contribution in [3.8, 4) is 0 Å². The molecule has 0 radical (unpaired) electrons. The highest BCUT2D eigenvalue weighted by Gasteiger charge is 2.17. The molecule has 0 atom stereocenters. The maximum Gasteiger partial charge on any atom is 0.179 e. The van der Waals surface area contributed by atoms with Gasteiger partial charge in [0.05, 0.1) is 15.9 Å². The van der Waals surface area contributed by atoms with Gasteiger partial charge in [0.25, 0.3) is 0 Å². The quantitative estimate of drug-likeness (QED) is 0.792. The van der Waals surface area contributed by atoms with Gasteiger partial charge in [0.1, 0.15) is 0 Å². The number of rotatable bonds is 3. The topological polar surface area (TPSA) is 32.9 Å². The zero-order chi connectivity index (χ0) is 11.0. The number of carbonyl (C=O) groups is 1. The van der Waals surface area contributed by atoms with E-state index < -0.39 is 0 Å². The number of fused-ring (bicyclic) bond motifs is 1. The van der Waals surface area contributed by atoms with Crippen LogP contribution in [0.25, 0.3) is 16.3 Å². The van der Waals surface area contributed by atoms with Crippen molar-refractivity contribution < 1.29 is 9.18 Å². The minimum Gasteiger partial charge on any atom is -0.348 e. The fourth-order valence-electron chi connectivity index (χ4n) is 1.55. The molecule has 4 heteroatoms. The van der Waals surface area contributed by atoms with Crippen LogP contribution in [0.5, 0.6) is 0 Å². The summed E-state index contributed by atoms with van der Waals surface area (Å²) in [5.41, 5.74) is 1.59. The molecule has 2 aromatic heterocycles. The minimum atomic E-state index is -0.312. The summed E-state index contributed by atoms with van der Waals surface area (Å²) in [7, 11) is 0. The van der Waals surface area contributed by atoms with Crippen LogP contribution in [0.2, 0.25) is 0 Å². The second-order valence-electron chi connectivity index (χ2n) is 3.18. The summed E-state index contributed by atoms with van der Waals surface area (Å²) >= 11 is 1.28. The lowest BCUT2D eigenvalue weighted by atomic mass is 10.1. The SMILES string of the molecule is C=Cc1c(C(=O)CC)[nH]c2c(F)csc12. The zero-order valence-electron chi connectivity index (χ0n) is 8.26. The molecule has 0 aliphatic carbocycles. The van der Waals surface area contributed by atoms with Crippen LogP contribution in [-0.4, -0.2) is 10.8 Å². The zero-order valence-corrected chi connectivity index (χ0v) is 9.08. The van der Waals surface area contributed by atoms with E-state index in [0.29, 0.717) is 23.2 Å². The summed E-state index contributed by atoms with van der Waals surface area (Å²) in [6.45, 7) is 5.43. The molecule has 0 saturated carbocycles. The number of aromatic nitrogens is 1. The number of nitrogens with one attached hydrogen (secondary N) is 1. The standard InChI is InChI=1S/C11H10FNOS/c1-3-6-9(8(14)4-2)13-10-7(12)5-15-11(6)10/h3,5,13H,1,4H2,2H3. The number of thiophene rings is 1. The molecule has 2 rings (SSSR count). The third-order valence-electron chi connectivity index (χ3n) is 2.31. The molecule has 0 aromatic carbocycles. The van der Waals surface area contributed by atoms with E-state index in [1.165, 1.54) is 16.7 Å². The molecule has 0 amide bonds.